The lowest BCUT2D eigenvalue weighted by Crippen LogP contribution is -2.30. The zero-order chi connectivity index (χ0) is 68.2. The molecule has 0 aliphatic rings. The van der Waals surface area contributed by atoms with Crippen molar-refractivity contribution >= 4 is 39.5 Å². The molecule has 0 aromatic rings. The summed E-state index contributed by atoms with van der Waals surface area (Å²) in [6.45, 7) is 14.1. The Morgan fingerprint density at radius 3 is 0.772 bits per heavy atom. The molecule has 546 valence electrons. The van der Waals surface area contributed by atoms with Crippen molar-refractivity contribution in [3.8, 4) is 0 Å². The van der Waals surface area contributed by atoms with Crippen LogP contribution in [0.1, 0.15) is 364 Å². The number of carbonyl (C=O) groups excluding carboxylic acids is 4. The SMILES string of the molecule is CCC(C)CCCCCCCCC(=O)O[C@H](COC(=O)CCCCCCCCCCC(C)C)COP(=O)(O)OCC(O)COP(=O)(O)OC[C@@H](COC(=O)CCCCCCCCCCCCCCCCC(C)C)OC(=O)CCCCCCCCCCCCCC(C)C. The van der Waals surface area contributed by atoms with Crippen LogP contribution >= 0.6 is 15.6 Å². The molecule has 0 aliphatic carbocycles. The predicted octanol–water partition coefficient (Wildman–Crippen LogP) is 20.9. The van der Waals surface area contributed by atoms with Crippen molar-refractivity contribution in [2.24, 2.45) is 23.7 Å². The highest BCUT2D eigenvalue weighted by Gasteiger charge is 2.30. The van der Waals surface area contributed by atoms with Gasteiger partial charge in [-0.1, -0.05) is 312 Å². The zero-order valence-corrected chi connectivity index (χ0v) is 62.0. The minimum atomic E-state index is -4.96. The second kappa shape index (κ2) is 62.6. The number of phosphoric acid groups is 2. The Kier molecular flexibility index (Phi) is 61.3. The Morgan fingerprint density at radius 2 is 0.522 bits per heavy atom. The van der Waals surface area contributed by atoms with Crippen LogP contribution < -0.4 is 0 Å². The highest BCUT2D eigenvalue weighted by molar-refractivity contribution is 7.47. The molecule has 0 heterocycles. The summed E-state index contributed by atoms with van der Waals surface area (Å²) in [4.78, 5) is 72.7. The first-order valence-electron chi connectivity index (χ1n) is 37.7. The minimum Gasteiger partial charge on any atom is -0.462 e. The molecule has 0 aromatic carbocycles. The van der Waals surface area contributed by atoms with Crippen molar-refractivity contribution < 1.29 is 80.2 Å². The lowest BCUT2D eigenvalue weighted by molar-refractivity contribution is -0.161. The van der Waals surface area contributed by atoms with Gasteiger partial charge in [0.05, 0.1) is 26.4 Å². The molecule has 19 heteroatoms. The maximum absolute atomic E-state index is 13.1. The minimum absolute atomic E-state index is 0.102. The molecule has 0 aromatic heterocycles. The molecule has 0 spiro atoms. The van der Waals surface area contributed by atoms with Crippen LogP contribution in [0.4, 0.5) is 0 Å². The Balaban J connectivity index is 5.24. The molecule has 0 bridgehead atoms. The summed E-state index contributed by atoms with van der Waals surface area (Å²) in [6, 6.07) is 0. The van der Waals surface area contributed by atoms with Crippen molar-refractivity contribution in [2.75, 3.05) is 39.6 Å². The van der Waals surface area contributed by atoms with E-state index in [1.54, 1.807) is 0 Å². The molecule has 0 saturated heterocycles. The van der Waals surface area contributed by atoms with E-state index < -0.39 is 97.5 Å². The Morgan fingerprint density at radius 1 is 0.304 bits per heavy atom. The Labute approximate surface area is 562 Å². The van der Waals surface area contributed by atoms with E-state index >= 15 is 0 Å². The fourth-order valence-electron chi connectivity index (χ4n) is 11.0. The van der Waals surface area contributed by atoms with E-state index in [0.29, 0.717) is 25.7 Å². The highest BCUT2D eigenvalue weighted by Crippen LogP contribution is 2.45. The van der Waals surface area contributed by atoms with E-state index in [4.69, 9.17) is 37.0 Å². The lowest BCUT2D eigenvalue weighted by atomic mass is 10.00. The number of aliphatic hydroxyl groups is 1. The Hall–Kier alpha value is -1.94. The van der Waals surface area contributed by atoms with Gasteiger partial charge < -0.3 is 33.8 Å². The molecule has 0 fully saturated rings. The number of esters is 4. The van der Waals surface area contributed by atoms with Crippen LogP contribution in [-0.4, -0.2) is 96.7 Å². The average molecular weight is 1350 g/mol. The second-order valence-electron chi connectivity index (χ2n) is 28.0. The van der Waals surface area contributed by atoms with E-state index in [0.717, 1.165) is 114 Å². The van der Waals surface area contributed by atoms with Gasteiger partial charge in [-0.05, 0) is 49.4 Å². The molecule has 92 heavy (non-hydrogen) atoms. The van der Waals surface area contributed by atoms with Gasteiger partial charge in [-0.2, -0.15) is 0 Å². The zero-order valence-electron chi connectivity index (χ0n) is 60.2. The van der Waals surface area contributed by atoms with Crippen LogP contribution in [0, 0.1) is 23.7 Å². The summed E-state index contributed by atoms with van der Waals surface area (Å²) in [7, 11) is -9.91. The number of hydrogen-bond acceptors (Lipinski definition) is 15. The van der Waals surface area contributed by atoms with Gasteiger partial charge in [-0.15, -0.1) is 0 Å². The van der Waals surface area contributed by atoms with Crippen molar-refractivity contribution in [2.45, 2.75) is 382 Å². The molecular weight excluding hydrogens is 1210 g/mol. The van der Waals surface area contributed by atoms with Crippen LogP contribution in [0.15, 0.2) is 0 Å². The van der Waals surface area contributed by atoms with E-state index in [-0.39, 0.29) is 25.7 Å². The summed E-state index contributed by atoms with van der Waals surface area (Å²) in [5.74, 6) is 0.883. The predicted molar refractivity (Wildman–Crippen MR) is 372 cm³/mol. The van der Waals surface area contributed by atoms with E-state index in [1.165, 1.54) is 167 Å². The Bertz CT molecular complexity index is 1820. The number of rotatable bonds is 70. The van der Waals surface area contributed by atoms with Crippen LogP contribution in [0.5, 0.6) is 0 Å². The largest absolute Gasteiger partial charge is 0.472 e. The second-order valence-corrected chi connectivity index (χ2v) is 30.9. The molecule has 0 radical (unpaired) electrons. The third kappa shape index (κ3) is 65.4. The normalized spacial score (nSPS) is 14.5. The van der Waals surface area contributed by atoms with Gasteiger partial charge in [-0.25, -0.2) is 9.13 Å². The van der Waals surface area contributed by atoms with Gasteiger partial charge in [0.1, 0.15) is 19.3 Å². The van der Waals surface area contributed by atoms with Gasteiger partial charge in [0.25, 0.3) is 0 Å². The van der Waals surface area contributed by atoms with E-state index in [1.807, 2.05) is 0 Å². The van der Waals surface area contributed by atoms with Crippen LogP contribution in [-0.2, 0) is 65.4 Å². The number of aliphatic hydroxyl groups excluding tert-OH is 1. The molecule has 0 rings (SSSR count). The molecule has 0 amide bonds. The van der Waals surface area contributed by atoms with Gasteiger partial charge >= 0.3 is 39.5 Å². The van der Waals surface area contributed by atoms with Crippen molar-refractivity contribution in [3.63, 3.8) is 0 Å². The van der Waals surface area contributed by atoms with Gasteiger partial charge in [0.2, 0.25) is 0 Å². The number of phosphoric ester groups is 2. The number of carbonyl (C=O) groups is 4. The first-order valence-corrected chi connectivity index (χ1v) is 40.7. The average Bonchev–Trinajstić information content (AvgIpc) is 2.42. The fraction of sp³-hybridized carbons (Fsp3) is 0.945. The van der Waals surface area contributed by atoms with Crippen LogP contribution in [0.2, 0.25) is 0 Å². The third-order valence-corrected chi connectivity index (χ3v) is 19.1. The first-order chi connectivity index (χ1) is 44.1. The molecule has 0 saturated carbocycles. The van der Waals surface area contributed by atoms with Crippen LogP contribution in [0.3, 0.4) is 0 Å². The molecule has 6 atom stereocenters. The summed E-state index contributed by atoms with van der Waals surface area (Å²) in [6.07, 6.45) is 45.9. The summed E-state index contributed by atoms with van der Waals surface area (Å²) >= 11 is 0. The molecular formula is C73H142O17P2. The maximum atomic E-state index is 13.1. The standard InChI is InChI=1S/C73H142O17P2/c1-9-66(8)52-44-36-31-32-40-48-56-73(78)90-69(60-84-71(76)54-46-38-29-24-23-27-35-43-51-65(6)7)62-88-92(81,82)86-58-67(74)57-85-91(79,80)87-61-68(89-72(77)55-47-39-30-22-18-14-16-20-26-34-42-50-64(4)5)59-83-70(75)53-45-37-28-21-17-13-11-10-12-15-19-25-33-41-49-63(2)3/h63-69,74H,9-62H2,1-8H3,(H,79,80)(H,81,82)/t66?,67?,68-,69-/m1/s1. The van der Waals surface area contributed by atoms with E-state index in [2.05, 4.69) is 55.4 Å². The summed E-state index contributed by atoms with van der Waals surface area (Å²) in [5.41, 5.74) is 0. The number of hydrogen-bond donors (Lipinski definition) is 3. The topological polar surface area (TPSA) is 237 Å². The molecule has 4 unspecified atom stereocenters. The van der Waals surface area contributed by atoms with Crippen molar-refractivity contribution in [1.29, 1.82) is 0 Å². The van der Waals surface area contributed by atoms with Crippen LogP contribution in [0.25, 0.3) is 0 Å². The van der Waals surface area contributed by atoms with Gasteiger partial charge in [-0.3, -0.25) is 37.3 Å². The van der Waals surface area contributed by atoms with Crippen molar-refractivity contribution in [1.82, 2.24) is 0 Å². The quantitative estimate of drug-likeness (QED) is 0.0222. The smallest absolute Gasteiger partial charge is 0.462 e. The van der Waals surface area contributed by atoms with E-state index in [9.17, 15) is 43.2 Å². The molecule has 17 nitrogen and oxygen atoms in total. The monoisotopic (exact) mass is 1350 g/mol. The van der Waals surface area contributed by atoms with Crippen molar-refractivity contribution in [3.05, 3.63) is 0 Å². The molecule has 0 aliphatic heterocycles. The van der Waals surface area contributed by atoms with Gasteiger partial charge in [0.15, 0.2) is 12.2 Å². The third-order valence-electron chi connectivity index (χ3n) is 17.2. The first kappa shape index (κ1) is 90.1. The lowest BCUT2D eigenvalue weighted by Gasteiger charge is -2.21. The summed E-state index contributed by atoms with van der Waals surface area (Å²) < 4.78 is 68.4. The van der Waals surface area contributed by atoms with Gasteiger partial charge in [0, 0.05) is 25.7 Å². The highest BCUT2D eigenvalue weighted by atomic mass is 31.2. The maximum Gasteiger partial charge on any atom is 0.472 e. The fourth-order valence-corrected chi connectivity index (χ4v) is 12.6. The number of ether oxygens (including phenoxy) is 4. The number of unbranched alkanes of at least 4 members (excludes halogenated alkanes) is 35. The summed E-state index contributed by atoms with van der Waals surface area (Å²) in [5, 5.41) is 10.6. The molecule has 3 N–H and O–H groups in total.